The third-order valence-corrected chi connectivity index (χ3v) is 5.30. The van der Waals surface area contributed by atoms with Crippen LogP contribution in [0.4, 0.5) is 5.82 Å². The average molecular weight is 472 g/mol. The van der Waals surface area contributed by atoms with Crippen LogP contribution in [0.15, 0.2) is 76.3 Å². The maximum Gasteiger partial charge on any atom is 0.162 e. The number of rotatable bonds is 4. The van der Waals surface area contributed by atoms with E-state index in [0.717, 1.165) is 26.5 Å². The Bertz CT molecular complexity index is 1180. The SMILES string of the molecule is Clc1ccc(-c2nc(NN=Cc3ccc(Br)cc3)c3ccccc3n2)cc1Cl. The van der Waals surface area contributed by atoms with Gasteiger partial charge in [-0.25, -0.2) is 9.97 Å². The molecule has 7 heteroatoms. The second-order valence-electron chi connectivity index (χ2n) is 5.96. The van der Waals surface area contributed by atoms with Crippen LogP contribution in [0, 0.1) is 0 Å². The number of para-hydroxylation sites is 1. The predicted octanol–water partition coefficient (Wildman–Crippen LogP) is 6.81. The van der Waals surface area contributed by atoms with Crippen LogP contribution in [0.5, 0.6) is 0 Å². The Kier molecular flexibility index (Phi) is 5.57. The van der Waals surface area contributed by atoms with Crippen LogP contribution >= 0.6 is 39.1 Å². The molecule has 4 rings (SSSR count). The molecule has 1 aromatic heterocycles. The summed E-state index contributed by atoms with van der Waals surface area (Å²) in [5, 5.41) is 6.15. The van der Waals surface area contributed by atoms with E-state index in [0.29, 0.717) is 21.7 Å². The van der Waals surface area contributed by atoms with E-state index in [2.05, 4.69) is 36.4 Å². The minimum atomic E-state index is 0.457. The molecule has 3 aromatic carbocycles. The molecule has 0 aliphatic rings. The van der Waals surface area contributed by atoms with Crippen LogP contribution in [0.25, 0.3) is 22.3 Å². The Morgan fingerprint density at radius 2 is 1.68 bits per heavy atom. The van der Waals surface area contributed by atoms with E-state index in [1.807, 2.05) is 54.6 Å². The largest absolute Gasteiger partial charge is 0.261 e. The van der Waals surface area contributed by atoms with E-state index in [1.54, 1.807) is 18.3 Å². The smallest absolute Gasteiger partial charge is 0.162 e. The van der Waals surface area contributed by atoms with Crippen molar-refractivity contribution in [3.8, 4) is 11.4 Å². The molecular weight excluding hydrogens is 459 g/mol. The molecule has 138 valence electrons. The lowest BCUT2D eigenvalue weighted by molar-refractivity contribution is 1.19. The fourth-order valence-corrected chi connectivity index (χ4v) is 3.21. The third-order valence-electron chi connectivity index (χ3n) is 4.04. The van der Waals surface area contributed by atoms with Crippen molar-refractivity contribution in [1.82, 2.24) is 9.97 Å². The Morgan fingerprint density at radius 1 is 0.893 bits per heavy atom. The maximum absolute atomic E-state index is 6.15. The molecule has 0 fully saturated rings. The van der Waals surface area contributed by atoms with Gasteiger partial charge >= 0.3 is 0 Å². The summed E-state index contributed by atoms with van der Waals surface area (Å²) in [6.07, 6.45) is 1.74. The lowest BCUT2D eigenvalue weighted by atomic mass is 10.2. The third kappa shape index (κ3) is 4.17. The van der Waals surface area contributed by atoms with E-state index in [4.69, 9.17) is 23.2 Å². The minimum Gasteiger partial charge on any atom is -0.261 e. The Hall–Kier alpha value is -2.47. The number of nitrogens with zero attached hydrogens (tertiary/aromatic N) is 3. The molecule has 0 atom stereocenters. The molecule has 28 heavy (non-hydrogen) atoms. The Labute approximate surface area is 180 Å². The van der Waals surface area contributed by atoms with Crippen LogP contribution in [-0.2, 0) is 0 Å². The standard InChI is InChI=1S/C21H13BrCl2N4/c22-15-8-5-13(6-9-15)12-25-28-21-16-3-1-2-4-19(16)26-20(27-21)14-7-10-17(23)18(24)11-14/h1-12H,(H,26,27,28). The highest BCUT2D eigenvalue weighted by Crippen LogP contribution is 2.29. The first-order chi connectivity index (χ1) is 13.6. The van der Waals surface area contributed by atoms with Gasteiger partial charge in [-0.2, -0.15) is 5.10 Å². The number of benzene rings is 3. The zero-order chi connectivity index (χ0) is 19.5. The van der Waals surface area contributed by atoms with Gasteiger partial charge < -0.3 is 0 Å². The summed E-state index contributed by atoms with van der Waals surface area (Å²) >= 11 is 15.6. The quantitative estimate of drug-likeness (QED) is 0.262. The maximum atomic E-state index is 6.15. The molecule has 0 saturated carbocycles. The average Bonchev–Trinajstić information content (AvgIpc) is 2.71. The summed E-state index contributed by atoms with van der Waals surface area (Å²) in [4.78, 5) is 9.28. The summed E-state index contributed by atoms with van der Waals surface area (Å²) in [5.41, 5.74) is 5.59. The number of hydrogen-bond donors (Lipinski definition) is 1. The molecule has 4 nitrogen and oxygen atoms in total. The van der Waals surface area contributed by atoms with Crippen LogP contribution in [-0.4, -0.2) is 16.2 Å². The fraction of sp³-hybridized carbons (Fsp3) is 0. The van der Waals surface area contributed by atoms with Gasteiger partial charge in [0.25, 0.3) is 0 Å². The van der Waals surface area contributed by atoms with Crippen LogP contribution in [0.2, 0.25) is 10.0 Å². The van der Waals surface area contributed by atoms with E-state index >= 15 is 0 Å². The van der Waals surface area contributed by atoms with Crippen molar-refractivity contribution in [2.75, 3.05) is 5.43 Å². The second-order valence-corrected chi connectivity index (χ2v) is 7.69. The lowest BCUT2D eigenvalue weighted by Crippen LogP contribution is -1.99. The van der Waals surface area contributed by atoms with Gasteiger partial charge in [0.05, 0.1) is 21.8 Å². The highest BCUT2D eigenvalue weighted by atomic mass is 79.9. The highest BCUT2D eigenvalue weighted by molar-refractivity contribution is 9.10. The Morgan fingerprint density at radius 3 is 2.46 bits per heavy atom. The van der Waals surface area contributed by atoms with Crippen molar-refractivity contribution in [2.45, 2.75) is 0 Å². The van der Waals surface area contributed by atoms with Crippen molar-refractivity contribution in [3.05, 3.63) is 86.8 Å². The zero-order valence-electron chi connectivity index (χ0n) is 14.4. The van der Waals surface area contributed by atoms with Crippen molar-refractivity contribution in [3.63, 3.8) is 0 Å². The van der Waals surface area contributed by atoms with Gasteiger partial charge in [0, 0.05) is 15.4 Å². The van der Waals surface area contributed by atoms with Crippen molar-refractivity contribution < 1.29 is 0 Å². The van der Waals surface area contributed by atoms with Gasteiger partial charge in [-0.1, -0.05) is 63.4 Å². The number of halogens is 3. The normalized spacial score (nSPS) is 11.2. The van der Waals surface area contributed by atoms with E-state index in [1.165, 1.54) is 0 Å². The molecular formula is C21H13BrCl2N4. The predicted molar refractivity (Wildman–Crippen MR) is 120 cm³/mol. The van der Waals surface area contributed by atoms with Crippen LogP contribution in [0.3, 0.4) is 0 Å². The molecule has 0 amide bonds. The molecule has 4 aromatic rings. The van der Waals surface area contributed by atoms with Crippen molar-refractivity contribution in [2.24, 2.45) is 5.10 Å². The second kappa shape index (κ2) is 8.27. The number of hydrogen-bond acceptors (Lipinski definition) is 4. The van der Waals surface area contributed by atoms with Gasteiger partial charge in [0.1, 0.15) is 0 Å². The van der Waals surface area contributed by atoms with Gasteiger partial charge in [-0.3, -0.25) is 5.43 Å². The Balaban J connectivity index is 1.71. The van der Waals surface area contributed by atoms with E-state index in [9.17, 15) is 0 Å². The first-order valence-electron chi connectivity index (χ1n) is 8.37. The molecule has 1 N–H and O–H groups in total. The lowest BCUT2D eigenvalue weighted by Gasteiger charge is -2.09. The van der Waals surface area contributed by atoms with Crippen molar-refractivity contribution >= 4 is 62.1 Å². The number of hydrazone groups is 1. The van der Waals surface area contributed by atoms with Gasteiger partial charge in [-0.05, 0) is 48.0 Å². The highest BCUT2D eigenvalue weighted by Gasteiger charge is 2.10. The molecule has 0 aliphatic carbocycles. The van der Waals surface area contributed by atoms with Crippen LogP contribution in [0.1, 0.15) is 5.56 Å². The van der Waals surface area contributed by atoms with E-state index in [-0.39, 0.29) is 0 Å². The van der Waals surface area contributed by atoms with Crippen molar-refractivity contribution in [1.29, 1.82) is 0 Å². The zero-order valence-corrected chi connectivity index (χ0v) is 17.5. The molecule has 1 heterocycles. The summed E-state index contributed by atoms with van der Waals surface area (Å²) in [7, 11) is 0. The van der Waals surface area contributed by atoms with E-state index < -0.39 is 0 Å². The van der Waals surface area contributed by atoms with Crippen LogP contribution < -0.4 is 5.43 Å². The number of anilines is 1. The summed E-state index contributed by atoms with van der Waals surface area (Å²) in [6.45, 7) is 0. The first kappa shape index (κ1) is 18.9. The van der Waals surface area contributed by atoms with Gasteiger partial charge in [0.15, 0.2) is 11.6 Å². The molecule has 0 spiro atoms. The minimum absolute atomic E-state index is 0.457. The number of nitrogens with one attached hydrogen (secondary N) is 1. The number of fused-ring (bicyclic) bond motifs is 1. The molecule has 0 bridgehead atoms. The summed E-state index contributed by atoms with van der Waals surface area (Å²) < 4.78 is 1.02. The molecule has 0 saturated heterocycles. The molecule has 0 aliphatic heterocycles. The topological polar surface area (TPSA) is 50.2 Å². The van der Waals surface area contributed by atoms with Gasteiger partial charge in [-0.15, -0.1) is 0 Å². The summed E-state index contributed by atoms with van der Waals surface area (Å²) in [6, 6.07) is 20.9. The molecule has 0 unspecified atom stereocenters. The summed E-state index contributed by atoms with van der Waals surface area (Å²) in [5.74, 6) is 1.15. The fourth-order valence-electron chi connectivity index (χ4n) is 2.64. The number of aromatic nitrogens is 2. The molecule has 0 radical (unpaired) electrons. The first-order valence-corrected chi connectivity index (χ1v) is 9.92. The monoisotopic (exact) mass is 470 g/mol. The van der Waals surface area contributed by atoms with Gasteiger partial charge in [0.2, 0.25) is 0 Å².